The molecule has 0 aromatic heterocycles. The summed E-state index contributed by atoms with van der Waals surface area (Å²) < 4.78 is 0. The summed E-state index contributed by atoms with van der Waals surface area (Å²) in [5, 5.41) is 10.1. The molecule has 0 aliphatic carbocycles. The summed E-state index contributed by atoms with van der Waals surface area (Å²) in [6.07, 6.45) is 2.18. The van der Waals surface area contributed by atoms with Crippen molar-refractivity contribution < 1.29 is 5.11 Å². The normalized spacial score (nSPS) is 12.3. The van der Waals surface area contributed by atoms with Crippen LogP contribution in [0.4, 0.5) is 0 Å². The summed E-state index contributed by atoms with van der Waals surface area (Å²) in [5.41, 5.74) is 3.74. The predicted octanol–water partition coefficient (Wildman–Crippen LogP) is 3.40. The molecular weight excluding hydrogens is 220 g/mol. The molecule has 0 aliphatic rings. The minimum Gasteiger partial charge on any atom is -0.392 e. The predicted molar refractivity (Wildman–Crippen MR) is 75.7 cm³/mol. The average Bonchev–Trinajstić information content (AvgIpc) is 2.40. The topological polar surface area (TPSA) is 20.2 Å². The third-order valence-electron chi connectivity index (χ3n) is 3.19. The molecule has 2 aromatic rings. The Labute approximate surface area is 109 Å². The molecule has 1 unspecified atom stereocenters. The second-order valence-electron chi connectivity index (χ2n) is 4.72. The average molecular weight is 240 g/mol. The van der Waals surface area contributed by atoms with E-state index in [1.807, 2.05) is 18.2 Å². The van der Waals surface area contributed by atoms with Gasteiger partial charge in [-0.3, -0.25) is 0 Å². The molecule has 2 aromatic carbocycles. The highest BCUT2D eigenvalue weighted by molar-refractivity contribution is 5.24. The van der Waals surface area contributed by atoms with E-state index in [0.717, 1.165) is 19.3 Å². The van der Waals surface area contributed by atoms with E-state index in [4.69, 9.17) is 0 Å². The Bertz CT molecular complexity index is 476. The zero-order chi connectivity index (χ0) is 12.8. The summed E-state index contributed by atoms with van der Waals surface area (Å²) in [6.45, 7) is 2.15. The Hall–Kier alpha value is -1.60. The van der Waals surface area contributed by atoms with E-state index in [-0.39, 0.29) is 6.10 Å². The lowest BCUT2D eigenvalue weighted by molar-refractivity contribution is 0.175. The summed E-state index contributed by atoms with van der Waals surface area (Å²) in [4.78, 5) is 0. The van der Waals surface area contributed by atoms with Gasteiger partial charge in [0.1, 0.15) is 0 Å². The van der Waals surface area contributed by atoms with Crippen molar-refractivity contribution in [1.29, 1.82) is 0 Å². The SMILES string of the molecule is CCc1cccc(CC(O)Cc2ccccc2)c1. The van der Waals surface area contributed by atoms with E-state index in [2.05, 4.69) is 43.3 Å². The molecule has 2 rings (SSSR count). The fourth-order valence-electron chi connectivity index (χ4n) is 2.21. The molecule has 0 radical (unpaired) electrons. The van der Waals surface area contributed by atoms with Gasteiger partial charge in [-0.25, -0.2) is 0 Å². The Kier molecular flexibility index (Phi) is 4.54. The quantitative estimate of drug-likeness (QED) is 0.849. The number of hydrogen-bond donors (Lipinski definition) is 1. The lowest BCUT2D eigenvalue weighted by Gasteiger charge is -2.11. The van der Waals surface area contributed by atoms with E-state index in [1.165, 1.54) is 16.7 Å². The first kappa shape index (κ1) is 12.8. The second kappa shape index (κ2) is 6.36. The minimum absolute atomic E-state index is 0.306. The molecular formula is C17H20O. The van der Waals surface area contributed by atoms with Gasteiger partial charge in [-0.05, 0) is 36.0 Å². The number of aliphatic hydroxyl groups excluding tert-OH is 1. The maximum Gasteiger partial charge on any atom is 0.0620 e. The van der Waals surface area contributed by atoms with Gasteiger partial charge in [-0.15, -0.1) is 0 Å². The Morgan fingerprint density at radius 1 is 0.833 bits per heavy atom. The highest BCUT2D eigenvalue weighted by Gasteiger charge is 2.07. The molecule has 1 atom stereocenters. The van der Waals surface area contributed by atoms with E-state index < -0.39 is 0 Å². The van der Waals surface area contributed by atoms with Gasteiger partial charge in [-0.2, -0.15) is 0 Å². The zero-order valence-corrected chi connectivity index (χ0v) is 10.8. The Morgan fingerprint density at radius 3 is 2.17 bits per heavy atom. The second-order valence-corrected chi connectivity index (χ2v) is 4.72. The third kappa shape index (κ3) is 3.71. The van der Waals surface area contributed by atoms with E-state index in [1.54, 1.807) is 0 Å². The van der Waals surface area contributed by atoms with Crippen LogP contribution in [0.15, 0.2) is 54.6 Å². The maximum atomic E-state index is 10.1. The Morgan fingerprint density at radius 2 is 1.44 bits per heavy atom. The molecule has 1 N–H and O–H groups in total. The number of rotatable bonds is 5. The van der Waals surface area contributed by atoms with Gasteiger partial charge >= 0.3 is 0 Å². The third-order valence-corrected chi connectivity index (χ3v) is 3.19. The van der Waals surface area contributed by atoms with Gasteiger partial charge in [0, 0.05) is 0 Å². The van der Waals surface area contributed by atoms with Gasteiger partial charge in [-0.1, -0.05) is 61.5 Å². The number of aryl methyl sites for hydroxylation is 1. The lowest BCUT2D eigenvalue weighted by Crippen LogP contribution is -2.13. The van der Waals surface area contributed by atoms with Crippen LogP contribution in [0.3, 0.4) is 0 Å². The molecule has 0 aliphatic heterocycles. The monoisotopic (exact) mass is 240 g/mol. The lowest BCUT2D eigenvalue weighted by atomic mass is 9.99. The van der Waals surface area contributed by atoms with Crippen LogP contribution in [-0.4, -0.2) is 11.2 Å². The van der Waals surface area contributed by atoms with Crippen LogP contribution in [0, 0.1) is 0 Å². The van der Waals surface area contributed by atoms with Crippen molar-refractivity contribution in [3.05, 3.63) is 71.3 Å². The van der Waals surface area contributed by atoms with E-state index >= 15 is 0 Å². The standard InChI is InChI=1S/C17H20O/c1-2-14-9-6-10-16(11-14)13-17(18)12-15-7-4-3-5-8-15/h3-11,17-18H,2,12-13H2,1H3. The summed E-state index contributed by atoms with van der Waals surface area (Å²) in [6, 6.07) is 18.6. The molecule has 94 valence electrons. The fraction of sp³-hybridized carbons (Fsp3) is 0.294. The summed E-state index contributed by atoms with van der Waals surface area (Å²) in [7, 11) is 0. The van der Waals surface area contributed by atoms with Crippen molar-refractivity contribution >= 4 is 0 Å². The number of benzene rings is 2. The van der Waals surface area contributed by atoms with Crippen LogP contribution in [0.25, 0.3) is 0 Å². The largest absolute Gasteiger partial charge is 0.392 e. The molecule has 0 heterocycles. The summed E-state index contributed by atoms with van der Waals surface area (Å²) >= 11 is 0. The van der Waals surface area contributed by atoms with Crippen molar-refractivity contribution in [2.24, 2.45) is 0 Å². The van der Waals surface area contributed by atoms with Crippen molar-refractivity contribution in [2.45, 2.75) is 32.3 Å². The van der Waals surface area contributed by atoms with Gasteiger partial charge in [0.05, 0.1) is 6.10 Å². The van der Waals surface area contributed by atoms with Crippen molar-refractivity contribution in [1.82, 2.24) is 0 Å². The molecule has 18 heavy (non-hydrogen) atoms. The first-order valence-corrected chi connectivity index (χ1v) is 6.57. The fourth-order valence-corrected chi connectivity index (χ4v) is 2.21. The van der Waals surface area contributed by atoms with E-state index in [9.17, 15) is 5.11 Å². The van der Waals surface area contributed by atoms with Crippen LogP contribution in [0.1, 0.15) is 23.6 Å². The molecule has 0 fully saturated rings. The number of hydrogen-bond acceptors (Lipinski definition) is 1. The van der Waals surface area contributed by atoms with Crippen LogP contribution < -0.4 is 0 Å². The molecule has 0 spiro atoms. The maximum absolute atomic E-state index is 10.1. The van der Waals surface area contributed by atoms with Crippen LogP contribution in [0.5, 0.6) is 0 Å². The van der Waals surface area contributed by atoms with Gasteiger partial charge < -0.3 is 5.11 Å². The zero-order valence-electron chi connectivity index (χ0n) is 10.8. The summed E-state index contributed by atoms with van der Waals surface area (Å²) in [5.74, 6) is 0. The first-order chi connectivity index (χ1) is 8.78. The molecule has 0 amide bonds. The molecule has 1 nitrogen and oxygen atoms in total. The van der Waals surface area contributed by atoms with Gasteiger partial charge in [0.25, 0.3) is 0 Å². The highest BCUT2D eigenvalue weighted by atomic mass is 16.3. The minimum atomic E-state index is -0.306. The number of aliphatic hydroxyl groups is 1. The van der Waals surface area contributed by atoms with Crippen molar-refractivity contribution in [2.75, 3.05) is 0 Å². The highest BCUT2D eigenvalue weighted by Crippen LogP contribution is 2.11. The van der Waals surface area contributed by atoms with Crippen LogP contribution in [0.2, 0.25) is 0 Å². The molecule has 1 heteroatoms. The van der Waals surface area contributed by atoms with Gasteiger partial charge in [0.2, 0.25) is 0 Å². The molecule has 0 bridgehead atoms. The van der Waals surface area contributed by atoms with Crippen molar-refractivity contribution in [3.63, 3.8) is 0 Å². The van der Waals surface area contributed by atoms with Crippen LogP contribution in [-0.2, 0) is 19.3 Å². The smallest absolute Gasteiger partial charge is 0.0620 e. The molecule has 0 saturated heterocycles. The Balaban J connectivity index is 1.96. The van der Waals surface area contributed by atoms with Crippen LogP contribution >= 0.6 is 0 Å². The first-order valence-electron chi connectivity index (χ1n) is 6.57. The van der Waals surface area contributed by atoms with Crippen molar-refractivity contribution in [3.8, 4) is 0 Å². The van der Waals surface area contributed by atoms with Gasteiger partial charge in [0.15, 0.2) is 0 Å². The molecule has 0 saturated carbocycles. The van der Waals surface area contributed by atoms with E-state index in [0.29, 0.717) is 0 Å².